The summed E-state index contributed by atoms with van der Waals surface area (Å²) in [5, 5.41) is 25.8. The number of furan rings is 1. The zero-order valence-corrected chi connectivity index (χ0v) is 18.9. The highest BCUT2D eigenvalue weighted by molar-refractivity contribution is 6.25. The molecule has 3 heterocycles. The lowest BCUT2D eigenvalue weighted by molar-refractivity contribution is 0.669. The summed E-state index contributed by atoms with van der Waals surface area (Å²) in [7, 11) is 0. The van der Waals surface area contributed by atoms with Crippen LogP contribution in [0.1, 0.15) is 11.1 Å². The highest BCUT2D eigenvalue weighted by atomic mass is 16.3. The standard InChI is InChI=1S/C32H15N3O/c33-16-18-8-10-22-25-14-20(21-5-3-7-30-31(21)24-4-1-2-6-29(24)36-30)15-26-23-11-9-19(17-34)13-28(23)35(32(25)26)27(22)12-18/h1-15H. The molecule has 0 fully saturated rings. The molecule has 36 heavy (non-hydrogen) atoms. The Kier molecular flexibility index (Phi) is 3.51. The van der Waals surface area contributed by atoms with Crippen LogP contribution in [0, 0.1) is 22.7 Å². The third-order valence-corrected chi connectivity index (χ3v) is 7.36. The van der Waals surface area contributed by atoms with Crippen molar-refractivity contribution in [1.82, 2.24) is 4.40 Å². The molecule has 5 aromatic carbocycles. The summed E-state index contributed by atoms with van der Waals surface area (Å²) in [5.41, 5.74) is 8.25. The van der Waals surface area contributed by atoms with E-state index in [4.69, 9.17) is 4.42 Å². The molecule has 0 amide bonds. The van der Waals surface area contributed by atoms with Crippen LogP contribution in [0.3, 0.4) is 0 Å². The van der Waals surface area contributed by atoms with Crippen molar-refractivity contribution >= 4 is 60.0 Å². The molecule has 0 aliphatic heterocycles. The fourth-order valence-electron chi connectivity index (χ4n) is 5.86. The second-order valence-electron chi connectivity index (χ2n) is 9.22. The summed E-state index contributed by atoms with van der Waals surface area (Å²) in [5.74, 6) is 0. The first kappa shape index (κ1) is 19.0. The molecule has 0 atom stereocenters. The number of nitriles is 2. The average molecular weight is 457 g/mol. The minimum absolute atomic E-state index is 0.614. The molecule has 8 aromatic rings. The predicted octanol–water partition coefficient (Wildman–Crippen LogP) is 8.15. The van der Waals surface area contributed by atoms with E-state index in [2.05, 4.69) is 40.8 Å². The molecule has 0 aliphatic rings. The number of rotatable bonds is 1. The zero-order chi connectivity index (χ0) is 24.0. The van der Waals surface area contributed by atoms with Gasteiger partial charge in [0.05, 0.1) is 39.8 Å². The Morgan fingerprint density at radius 2 is 1.22 bits per heavy atom. The number of para-hydroxylation sites is 1. The summed E-state index contributed by atoms with van der Waals surface area (Å²) in [6, 6.07) is 35.1. The molecule has 0 radical (unpaired) electrons. The SMILES string of the molecule is N#Cc1ccc2c3cc(-c4cccc5oc6ccccc6c45)cc4c5ccc(C#N)cc5n(c2c1)c34. The van der Waals surface area contributed by atoms with Crippen LogP contribution >= 0.6 is 0 Å². The van der Waals surface area contributed by atoms with E-state index < -0.39 is 0 Å². The maximum Gasteiger partial charge on any atom is 0.136 e. The van der Waals surface area contributed by atoms with E-state index in [0.717, 1.165) is 71.2 Å². The van der Waals surface area contributed by atoms with Gasteiger partial charge in [-0.05, 0) is 59.7 Å². The monoisotopic (exact) mass is 457 g/mol. The molecule has 0 spiro atoms. The van der Waals surface area contributed by atoms with Gasteiger partial charge in [-0.1, -0.05) is 42.5 Å². The van der Waals surface area contributed by atoms with Gasteiger partial charge in [0, 0.05) is 32.3 Å². The third kappa shape index (κ3) is 2.30. The minimum atomic E-state index is 0.614. The van der Waals surface area contributed by atoms with Gasteiger partial charge in [-0.25, -0.2) is 0 Å². The molecule has 3 aromatic heterocycles. The van der Waals surface area contributed by atoms with Gasteiger partial charge in [-0.15, -0.1) is 0 Å². The minimum Gasteiger partial charge on any atom is -0.456 e. The van der Waals surface area contributed by atoms with Gasteiger partial charge in [0.1, 0.15) is 11.2 Å². The van der Waals surface area contributed by atoms with Crippen LogP contribution in [0.5, 0.6) is 0 Å². The Morgan fingerprint density at radius 3 is 1.89 bits per heavy atom. The fourth-order valence-corrected chi connectivity index (χ4v) is 5.86. The van der Waals surface area contributed by atoms with E-state index >= 15 is 0 Å². The Morgan fingerprint density at radius 1 is 0.583 bits per heavy atom. The van der Waals surface area contributed by atoms with Gasteiger partial charge in [0.15, 0.2) is 0 Å². The van der Waals surface area contributed by atoms with Gasteiger partial charge in [0.25, 0.3) is 0 Å². The van der Waals surface area contributed by atoms with Gasteiger partial charge in [-0.3, -0.25) is 0 Å². The van der Waals surface area contributed by atoms with E-state index in [1.807, 2.05) is 66.7 Å². The number of nitrogens with zero attached hydrogens (tertiary/aromatic N) is 3. The number of hydrogen-bond acceptors (Lipinski definition) is 3. The Hall–Kier alpha value is -5.32. The van der Waals surface area contributed by atoms with Crippen LogP contribution in [0.15, 0.2) is 95.4 Å². The van der Waals surface area contributed by atoms with E-state index in [0.29, 0.717) is 11.1 Å². The lowest BCUT2D eigenvalue weighted by atomic mass is 9.95. The molecule has 0 N–H and O–H groups in total. The molecular formula is C32H15N3O. The fraction of sp³-hybridized carbons (Fsp3) is 0. The summed E-state index contributed by atoms with van der Waals surface area (Å²) < 4.78 is 8.37. The molecule has 164 valence electrons. The van der Waals surface area contributed by atoms with E-state index in [1.165, 1.54) is 0 Å². The Bertz CT molecular complexity index is 2180. The lowest BCUT2D eigenvalue weighted by Crippen LogP contribution is -1.83. The first-order chi connectivity index (χ1) is 17.7. The summed E-state index contributed by atoms with van der Waals surface area (Å²) in [6.45, 7) is 0. The predicted molar refractivity (Wildman–Crippen MR) is 143 cm³/mol. The number of hydrogen-bond donors (Lipinski definition) is 0. The van der Waals surface area contributed by atoms with Crippen LogP contribution in [0.4, 0.5) is 0 Å². The van der Waals surface area contributed by atoms with Crippen LogP contribution in [-0.4, -0.2) is 4.40 Å². The quantitative estimate of drug-likeness (QED) is 0.250. The van der Waals surface area contributed by atoms with Crippen molar-refractivity contribution in [2.45, 2.75) is 0 Å². The maximum absolute atomic E-state index is 9.57. The number of benzene rings is 5. The lowest BCUT2D eigenvalue weighted by Gasteiger charge is -2.06. The normalized spacial score (nSPS) is 11.8. The molecule has 0 unspecified atom stereocenters. The van der Waals surface area contributed by atoms with Crippen molar-refractivity contribution < 1.29 is 4.42 Å². The Labute approximate surface area is 204 Å². The van der Waals surface area contributed by atoms with Gasteiger partial charge < -0.3 is 8.82 Å². The van der Waals surface area contributed by atoms with Crippen molar-refractivity contribution in [3.8, 4) is 23.3 Å². The van der Waals surface area contributed by atoms with E-state index in [9.17, 15) is 10.5 Å². The number of fused-ring (bicyclic) bond motifs is 9. The van der Waals surface area contributed by atoms with Crippen LogP contribution < -0.4 is 0 Å². The molecular weight excluding hydrogens is 442 g/mol. The van der Waals surface area contributed by atoms with E-state index in [-0.39, 0.29) is 0 Å². The van der Waals surface area contributed by atoms with Gasteiger partial charge in [0.2, 0.25) is 0 Å². The molecule has 0 bridgehead atoms. The van der Waals surface area contributed by atoms with E-state index in [1.54, 1.807) is 0 Å². The highest BCUT2D eigenvalue weighted by Gasteiger charge is 2.21. The van der Waals surface area contributed by atoms with Gasteiger partial charge in [-0.2, -0.15) is 10.5 Å². The first-order valence-electron chi connectivity index (χ1n) is 11.7. The average Bonchev–Trinajstić information content (AvgIpc) is 3.58. The second-order valence-corrected chi connectivity index (χ2v) is 9.22. The van der Waals surface area contributed by atoms with Crippen molar-refractivity contribution in [2.75, 3.05) is 0 Å². The summed E-state index contributed by atoms with van der Waals surface area (Å²) >= 11 is 0. The van der Waals surface area contributed by atoms with Crippen molar-refractivity contribution in [3.05, 3.63) is 102 Å². The largest absolute Gasteiger partial charge is 0.456 e. The Balaban J connectivity index is 1.59. The van der Waals surface area contributed by atoms with Crippen LogP contribution in [0.25, 0.3) is 71.2 Å². The van der Waals surface area contributed by atoms with Crippen LogP contribution in [0.2, 0.25) is 0 Å². The summed E-state index contributed by atoms with van der Waals surface area (Å²) in [6.07, 6.45) is 0. The molecule has 0 saturated carbocycles. The topological polar surface area (TPSA) is 65.1 Å². The number of aromatic nitrogens is 1. The van der Waals surface area contributed by atoms with Crippen molar-refractivity contribution in [2.24, 2.45) is 0 Å². The molecule has 0 saturated heterocycles. The second kappa shape index (κ2) is 6.63. The maximum atomic E-state index is 9.57. The molecule has 4 heteroatoms. The first-order valence-corrected chi connectivity index (χ1v) is 11.7. The van der Waals surface area contributed by atoms with Crippen LogP contribution in [-0.2, 0) is 0 Å². The van der Waals surface area contributed by atoms with Gasteiger partial charge >= 0.3 is 0 Å². The highest BCUT2D eigenvalue weighted by Crippen LogP contribution is 2.44. The van der Waals surface area contributed by atoms with Crippen molar-refractivity contribution in [1.29, 1.82) is 10.5 Å². The zero-order valence-electron chi connectivity index (χ0n) is 18.9. The molecule has 4 nitrogen and oxygen atoms in total. The molecule has 0 aliphatic carbocycles. The van der Waals surface area contributed by atoms with Crippen molar-refractivity contribution in [3.63, 3.8) is 0 Å². The molecule has 8 rings (SSSR count). The third-order valence-electron chi connectivity index (χ3n) is 7.36. The summed E-state index contributed by atoms with van der Waals surface area (Å²) in [4.78, 5) is 0. The smallest absolute Gasteiger partial charge is 0.136 e.